The molecule has 0 unspecified atom stereocenters. The predicted molar refractivity (Wildman–Crippen MR) is 119 cm³/mol. The van der Waals surface area contributed by atoms with Crippen LogP contribution in [0.5, 0.6) is 0 Å². The quantitative estimate of drug-likeness (QED) is 0.492. The van der Waals surface area contributed by atoms with Gasteiger partial charge in [0.2, 0.25) is 0 Å². The number of alkyl halides is 3. The topological polar surface area (TPSA) is 127 Å². The van der Waals surface area contributed by atoms with Crippen LogP contribution in [0.15, 0.2) is 41.3 Å². The summed E-state index contributed by atoms with van der Waals surface area (Å²) in [5.74, 6) is -4.70. The maximum atomic E-state index is 13.2. The summed E-state index contributed by atoms with van der Waals surface area (Å²) in [7, 11) is -2.18. The summed E-state index contributed by atoms with van der Waals surface area (Å²) >= 11 is 5.84. The van der Waals surface area contributed by atoms with Gasteiger partial charge in [-0.3, -0.25) is 4.72 Å². The van der Waals surface area contributed by atoms with Crippen molar-refractivity contribution >= 4 is 44.9 Å². The van der Waals surface area contributed by atoms with Gasteiger partial charge in [0.05, 0.1) is 16.3 Å². The Kier molecular flexibility index (Phi) is 8.92. The van der Waals surface area contributed by atoms with Crippen LogP contribution in [0, 0.1) is 5.82 Å². The van der Waals surface area contributed by atoms with Crippen molar-refractivity contribution in [2.75, 3.05) is 42.8 Å². The number of sulfonamides is 1. The number of halogens is 5. The molecule has 0 bridgehead atoms. The zero-order valence-corrected chi connectivity index (χ0v) is 19.6. The van der Waals surface area contributed by atoms with Gasteiger partial charge in [0.25, 0.3) is 10.0 Å². The van der Waals surface area contributed by atoms with Crippen LogP contribution in [0.1, 0.15) is 10.4 Å². The molecule has 2 aromatic rings. The molecule has 192 valence electrons. The molecule has 1 aliphatic rings. The van der Waals surface area contributed by atoms with E-state index in [0.29, 0.717) is 5.69 Å². The first-order valence-electron chi connectivity index (χ1n) is 9.70. The van der Waals surface area contributed by atoms with E-state index in [0.717, 1.165) is 44.4 Å². The number of nitrogens with zero attached hydrogens (tertiary/aromatic N) is 2. The van der Waals surface area contributed by atoms with E-state index in [2.05, 4.69) is 9.62 Å². The molecule has 9 nitrogen and oxygen atoms in total. The van der Waals surface area contributed by atoms with Crippen LogP contribution >= 0.6 is 11.6 Å². The monoisotopic (exact) mass is 541 g/mol. The molecule has 35 heavy (non-hydrogen) atoms. The third kappa shape index (κ3) is 7.70. The van der Waals surface area contributed by atoms with Crippen molar-refractivity contribution in [1.82, 2.24) is 4.90 Å². The van der Waals surface area contributed by atoms with E-state index in [1.54, 1.807) is 6.07 Å². The molecule has 1 saturated heterocycles. The van der Waals surface area contributed by atoms with Gasteiger partial charge in [0.15, 0.2) is 0 Å². The first kappa shape index (κ1) is 28.1. The van der Waals surface area contributed by atoms with Crippen LogP contribution in [-0.2, 0) is 14.8 Å². The molecule has 0 spiro atoms. The average Bonchev–Trinajstić information content (AvgIpc) is 2.73. The summed E-state index contributed by atoms with van der Waals surface area (Å²) in [6.07, 6.45) is -5.08. The van der Waals surface area contributed by atoms with E-state index in [-0.39, 0.29) is 21.2 Å². The molecule has 1 heterocycles. The van der Waals surface area contributed by atoms with Crippen molar-refractivity contribution in [3.8, 4) is 0 Å². The second-order valence-electron chi connectivity index (χ2n) is 7.31. The Balaban J connectivity index is 0.000000540. The maximum absolute atomic E-state index is 13.2. The molecule has 0 saturated carbocycles. The highest BCUT2D eigenvalue weighted by atomic mass is 35.5. The molecule has 1 aliphatic heterocycles. The first-order chi connectivity index (χ1) is 16.1. The minimum Gasteiger partial charge on any atom is -0.478 e. The number of piperazine rings is 1. The molecular formula is C20H20ClF4N3O6S. The Morgan fingerprint density at radius 2 is 1.60 bits per heavy atom. The Morgan fingerprint density at radius 3 is 2.09 bits per heavy atom. The van der Waals surface area contributed by atoms with E-state index < -0.39 is 34.0 Å². The highest BCUT2D eigenvalue weighted by Crippen LogP contribution is 2.29. The number of carboxylic acid groups (broad SMARTS) is 2. The van der Waals surface area contributed by atoms with Gasteiger partial charge in [-0.25, -0.2) is 22.4 Å². The fourth-order valence-corrected chi connectivity index (χ4v) is 4.56. The Hall–Kier alpha value is -3.10. The van der Waals surface area contributed by atoms with Crippen molar-refractivity contribution in [2.24, 2.45) is 0 Å². The molecule has 3 N–H and O–H groups in total. The predicted octanol–water partition coefficient (Wildman–Crippen LogP) is 3.36. The number of carboxylic acids is 2. The largest absolute Gasteiger partial charge is 0.490 e. The normalized spacial score (nSPS) is 14.6. The van der Waals surface area contributed by atoms with Crippen LogP contribution < -0.4 is 9.62 Å². The molecule has 1 fully saturated rings. The van der Waals surface area contributed by atoms with Crippen LogP contribution in [0.3, 0.4) is 0 Å². The summed E-state index contributed by atoms with van der Waals surface area (Å²) in [5, 5.41) is 16.4. The number of nitrogens with one attached hydrogen (secondary N) is 1. The third-order valence-electron chi connectivity index (χ3n) is 4.77. The van der Waals surface area contributed by atoms with Gasteiger partial charge in [-0.2, -0.15) is 13.2 Å². The van der Waals surface area contributed by atoms with E-state index in [9.17, 15) is 35.9 Å². The zero-order valence-electron chi connectivity index (χ0n) is 18.0. The number of benzene rings is 2. The number of rotatable bonds is 5. The van der Waals surface area contributed by atoms with Crippen LogP contribution in [-0.4, -0.2) is 74.9 Å². The van der Waals surface area contributed by atoms with Crippen molar-refractivity contribution < 1.29 is 45.8 Å². The number of hydrogen-bond acceptors (Lipinski definition) is 6. The molecule has 2 aromatic carbocycles. The average molecular weight is 542 g/mol. The van der Waals surface area contributed by atoms with Crippen molar-refractivity contribution in [3.63, 3.8) is 0 Å². The van der Waals surface area contributed by atoms with Crippen LogP contribution in [0.2, 0.25) is 5.02 Å². The van der Waals surface area contributed by atoms with E-state index in [1.165, 1.54) is 12.1 Å². The molecule has 15 heteroatoms. The number of aliphatic carboxylic acids is 1. The lowest BCUT2D eigenvalue weighted by atomic mass is 10.1. The number of aromatic carboxylic acids is 1. The molecular weight excluding hydrogens is 522 g/mol. The zero-order chi connectivity index (χ0) is 26.6. The fraction of sp³-hybridized carbons (Fsp3) is 0.300. The Bertz CT molecular complexity index is 1200. The third-order valence-corrected chi connectivity index (χ3v) is 6.62. The second kappa shape index (κ2) is 11.1. The summed E-state index contributed by atoms with van der Waals surface area (Å²) in [6.45, 7) is 3.18. The lowest BCUT2D eigenvalue weighted by molar-refractivity contribution is -0.192. The van der Waals surface area contributed by atoms with Gasteiger partial charge in [-0.1, -0.05) is 11.6 Å². The smallest absolute Gasteiger partial charge is 0.478 e. The minimum atomic E-state index is -5.08. The van der Waals surface area contributed by atoms with Crippen molar-refractivity contribution in [3.05, 3.63) is 52.8 Å². The van der Waals surface area contributed by atoms with Crippen molar-refractivity contribution in [2.45, 2.75) is 11.1 Å². The van der Waals surface area contributed by atoms with Crippen molar-refractivity contribution in [1.29, 1.82) is 0 Å². The van der Waals surface area contributed by atoms with Gasteiger partial charge < -0.3 is 20.0 Å². The van der Waals surface area contributed by atoms with E-state index in [1.807, 2.05) is 11.9 Å². The summed E-state index contributed by atoms with van der Waals surface area (Å²) in [4.78, 5) is 24.5. The number of anilines is 2. The lowest BCUT2D eigenvalue weighted by Crippen LogP contribution is -2.44. The number of likely N-dealkylation sites (N-methyl/N-ethyl adjacent to an activating group) is 1. The van der Waals surface area contributed by atoms with Gasteiger partial charge in [0, 0.05) is 31.9 Å². The minimum absolute atomic E-state index is 0.0919. The maximum Gasteiger partial charge on any atom is 0.490 e. The van der Waals surface area contributed by atoms with E-state index >= 15 is 0 Å². The molecule has 3 rings (SSSR count). The molecule has 0 aromatic heterocycles. The Labute approximate surface area is 202 Å². The summed E-state index contributed by atoms with van der Waals surface area (Å²) < 4.78 is 72.4. The molecule has 0 aliphatic carbocycles. The van der Waals surface area contributed by atoms with Gasteiger partial charge in [-0.05, 0) is 43.4 Å². The van der Waals surface area contributed by atoms with Gasteiger partial charge in [0.1, 0.15) is 10.7 Å². The van der Waals surface area contributed by atoms with Crippen LogP contribution in [0.25, 0.3) is 0 Å². The van der Waals surface area contributed by atoms with Gasteiger partial charge in [-0.15, -0.1) is 0 Å². The number of carbonyl (C=O) groups is 2. The summed E-state index contributed by atoms with van der Waals surface area (Å²) in [6, 6.07) is 7.39. The standard InChI is InChI=1S/C18H19ClFN3O4S.C2HF3O2/c1-22-6-8-23(9-7-22)13-3-4-16(14(11-13)18(24)25)21-28(26,27)17-5-2-12(20)10-15(17)19;3-2(4,5)1(6)7/h2-5,10-11,21H,6-9H2,1H3,(H,24,25);(H,6,7). The second-order valence-corrected chi connectivity index (χ2v) is 9.37. The summed E-state index contributed by atoms with van der Waals surface area (Å²) in [5.41, 5.74) is 0.428. The number of hydrogen-bond donors (Lipinski definition) is 3. The van der Waals surface area contributed by atoms with E-state index in [4.69, 9.17) is 21.5 Å². The van der Waals surface area contributed by atoms with Crippen LogP contribution in [0.4, 0.5) is 28.9 Å². The SMILES string of the molecule is CN1CCN(c2ccc(NS(=O)(=O)c3ccc(F)cc3Cl)c(C(=O)O)c2)CC1.O=C(O)C(F)(F)F. The highest BCUT2D eigenvalue weighted by molar-refractivity contribution is 7.92. The molecule has 0 radical (unpaired) electrons. The molecule has 0 amide bonds. The Morgan fingerprint density at radius 1 is 1.03 bits per heavy atom. The van der Waals surface area contributed by atoms with Gasteiger partial charge >= 0.3 is 18.1 Å². The highest BCUT2D eigenvalue weighted by Gasteiger charge is 2.38. The lowest BCUT2D eigenvalue weighted by Gasteiger charge is -2.34. The molecule has 0 atom stereocenters. The first-order valence-corrected chi connectivity index (χ1v) is 11.6. The fourth-order valence-electron chi connectivity index (χ4n) is 2.95.